The van der Waals surface area contributed by atoms with Crippen LogP contribution in [-0.2, 0) is 0 Å². The fourth-order valence-corrected chi connectivity index (χ4v) is 8.02. The number of hydrogen-bond donors (Lipinski definition) is 3. The van der Waals surface area contributed by atoms with Gasteiger partial charge in [-0.3, -0.25) is 0 Å². The molecule has 3 N–H and O–H groups in total. The predicted octanol–water partition coefficient (Wildman–Crippen LogP) is 3.11. The fraction of sp³-hybridized carbons (Fsp3) is 1.00. The Balaban J connectivity index is 1.72. The Morgan fingerprint density at radius 3 is 2.39 bits per heavy atom. The molecular formula is C20H34O3. The van der Waals surface area contributed by atoms with Crippen molar-refractivity contribution < 1.29 is 15.3 Å². The molecule has 7 atom stereocenters. The summed E-state index contributed by atoms with van der Waals surface area (Å²) in [4.78, 5) is 0. The van der Waals surface area contributed by atoms with E-state index in [2.05, 4.69) is 20.8 Å². The van der Waals surface area contributed by atoms with Crippen molar-refractivity contribution in [1.29, 1.82) is 0 Å². The molecule has 4 fully saturated rings. The lowest BCUT2D eigenvalue weighted by atomic mass is 9.41. The third kappa shape index (κ3) is 1.93. The van der Waals surface area contributed by atoms with Gasteiger partial charge < -0.3 is 15.3 Å². The van der Waals surface area contributed by atoms with Crippen molar-refractivity contribution in [2.75, 3.05) is 6.61 Å². The minimum atomic E-state index is -0.832. The van der Waals surface area contributed by atoms with Crippen molar-refractivity contribution in [3.8, 4) is 0 Å². The van der Waals surface area contributed by atoms with Crippen molar-refractivity contribution in [3.63, 3.8) is 0 Å². The molecule has 0 heterocycles. The third-order valence-electron chi connectivity index (χ3n) is 9.12. The first-order valence-electron chi connectivity index (χ1n) is 9.69. The van der Waals surface area contributed by atoms with Gasteiger partial charge in [0.1, 0.15) is 0 Å². The van der Waals surface area contributed by atoms with E-state index in [1.807, 2.05) is 0 Å². The highest BCUT2D eigenvalue weighted by molar-refractivity contribution is 5.17. The Morgan fingerprint density at radius 2 is 1.70 bits per heavy atom. The minimum Gasteiger partial charge on any atom is -0.393 e. The summed E-state index contributed by atoms with van der Waals surface area (Å²) < 4.78 is 0. The summed E-state index contributed by atoms with van der Waals surface area (Å²) in [5.41, 5.74) is -0.310. The fourth-order valence-electron chi connectivity index (χ4n) is 8.02. The summed E-state index contributed by atoms with van der Waals surface area (Å²) in [6.45, 7) is 6.94. The second kappa shape index (κ2) is 4.74. The Bertz CT molecular complexity index is 503. The Hall–Kier alpha value is -0.120. The van der Waals surface area contributed by atoms with E-state index in [4.69, 9.17) is 0 Å². The van der Waals surface area contributed by atoms with E-state index in [1.54, 1.807) is 0 Å². The van der Waals surface area contributed by atoms with Crippen LogP contribution in [0.15, 0.2) is 0 Å². The predicted molar refractivity (Wildman–Crippen MR) is 89.8 cm³/mol. The smallest absolute Gasteiger partial charge is 0.0910 e. The summed E-state index contributed by atoms with van der Waals surface area (Å²) in [5, 5.41) is 31.3. The summed E-state index contributed by atoms with van der Waals surface area (Å²) in [7, 11) is 0. The zero-order valence-corrected chi connectivity index (χ0v) is 15.0. The van der Waals surface area contributed by atoms with Crippen LogP contribution in [0.4, 0.5) is 0 Å². The van der Waals surface area contributed by atoms with Crippen LogP contribution in [0.3, 0.4) is 0 Å². The van der Waals surface area contributed by atoms with Gasteiger partial charge in [-0.15, -0.1) is 0 Å². The molecule has 0 radical (unpaired) electrons. The first kappa shape index (κ1) is 16.4. The minimum absolute atomic E-state index is 0.00263. The molecule has 4 rings (SSSR count). The molecular weight excluding hydrogens is 288 g/mol. The maximum absolute atomic E-state index is 10.9. The zero-order chi connectivity index (χ0) is 16.7. The molecule has 1 spiro atoms. The highest BCUT2D eigenvalue weighted by Gasteiger charge is 2.67. The highest BCUT2D eigenvalue weighted by Crippen LogP contribution is 2.72. The van der Waals surface area contributed by atoms with Gasteiger partial charge in [-0.1, -0.05) is 20.8 Å². The molecule has 132 valence electrons. The molecule has 0 unspecified atom stereocenters. The van der Waals surface area contributed by atoms with Crippen LogP contribution in [0.5, 0.6) is 0 Å². The second-order valence-electron chi connectivity index (χ2n) is 10.3. The number of fused-ring (bicyclic) bond motifs is 3. The van der Waals surface area contributed by atoms with E-state index >= 15 is 0 Å². The van der Waals surface area contributed by atoms with Gasteiger partial charge in [0.05, 0.1) is 18.3 Å². The Kier molecular flexibility index (Phi) is 3.37. The van der Waals surface area contributed by atoms with Crippen LogP contribution in [0.25, 0.3) is 0 Å². The lowest BCUT2D eigenvalue weighted by Gasteiger charge is -2.64. The van der Waals surface area contributed by atoms with Gasteiger partial charge in [0.25, 0.3) is 0 Å². The summed E-state index contributed by atoms with van der Waals surface area (Å²) in [6, 6.07) is 0. The molecule has 23 heavy (non-hydrogen) atoms. The maximum atomic E-state index is 10.9. The van der Waals surface area contributed by atoms with Gasteiger partial charge in [0.15, 0.2) is 0 Å². The third-order valence-corrected chi connectivity index (χ3v) is 9.12. The number of aliphatic hydroxyl groups is 3. The van der Waals surface area contributed by atoms with Crippen LogP contribution in [0.1, 0.15) is 72.1 Å². The van der Waals surface area contributed by atoms with Gasteiger partial charge in [-0.25, -0.2) is 0 Å². The average Bonchev–Trinajstić information content (AvgIpc) is 2.70. The normalized spacial score (nSPS) is 57.7. The van der Waals surface area contributed by atoms with Crippen LogP contribution in [-0.4, -0.2) is 33.6 Å². The van der Waals surface area contributed by atoms with E-state index in [9.17, 15) is 15.3 Å². The second-order valence-corrected chi connectivity index (χ2v) is 10.3. The van der Waals surface area contributed by atoms with Gasteiger partial charge >= 0.3 is 0 Å². The van der Waals surface area contributed by atoms with Crippen molar-refractivity contribution in [2.45, 2.75) is 83.8 Å². The summed E-state index contributed by atoms with van der Waals surface area (Å²) >= 11 is 0. The summed E-state index contributed by atoms with van der Waals surface area (Å²) in [6.07, 6.45) is 8.39. The molecule has 4 aliphatic rings. The maximum Gasteiger partial charge on any atom is 0.0910 e. The molecule has 3 nitrogen and oxygen atoms in total. The molecule has 4 aliphatic carbocycles. The first-order chi connectivity index (χ1) is 10.7. The molecule has 4 saturated carbocycles. The molecule has 0 aromatic heterocycles. The van der Waals surface area contributed by atoms with Crippen molar-refractivity contribution >= 4 is 0 Å². The Labute approximate surface area is 140 Å². The SMILES string of the molecule is CC1(C)[C@@H](O)CC[C@]2(C)[C@H]1CC[C@]13C[C@H](CC[C@@H]12)[C@@](O)(CO)C3. The molecule has 0 aromatic rings. The van der Waals surface area contributed by atoms with Gasteiger partial charge in [0, 0.05) is 0 Å². The monoisotopic (exact) mass is 322 g/mol. The van der Waals surface area contributed by atoms with Crippen LogP contribution in [0.2, 0.25) is 0 Å². The highest BCUT2D eigenvalue weighted by atomic mass is 16.3. The van der Waals surface area contributed by atoms with E-state index < -0.39 is 5.60 Å². The standard InChI is InChI=1S/C20H34O3/c1-17(2)14-6-9-19-10-13(20(23,11-19)12-21)4-5-15(19)18(14,3)8-7-16(17)22/h13-16,21-23H,4-12H2,1-3H3/t13-,14-,15+,16-,18+,19+,20-/m0/s1. The van der Waals surface area contributed by atoms with Crippen molar-refractivity contribution in [1.82, 2.24) is 0 Å². The van der Waals surface area contributed by atoms with Crippen LogP contribution < -0.4 is 0 Å². The number of rotatable bonds is 1. The number of aliphatic hydroxyl groups excluding tert-OH is 2. The van der Waals surface area contributed by atoms with Gasteiger partial charge in [0.2, 0.25) is 0 Å². The molecule has 3 heteroatoms. The molecule has 0 aromatic carbocycles. The van der Waals surface area contributed by atoms with Crippen molar-refractivity contribution in [3.05, 3.63) is 0 Å². The zero-order valence-electron chi connectivity index (χ0n) is 15.0. The molecule has 0 saturated heterocycles. The topological polar surface area (TPSA) is 60.7 Å². The van der Waals surface area contributed by atoms with Gasteiger partial charge in [-0.05, 0) is 85.4 Å². The Morgan fingerprint density at radius 1 is 0.957 bits per heavy atom. The summed E-state index contributed by atoms with van der Waals surface area (Å²) in [5.74, 6) is 1.53. The van der Waals surface area contributed by atoms with Gasteiger partial charge in [-0.2, -0.15) is 0 Å². The quantitative estimate of drug-likeness (QED) is 0.695. The number of hydrogen-bond acceptors (Lipinski definition) is 3. The first-order valence-corrected chi connectivity index (χ1v) is 9.69. The lowest BCUT2D eigenvalue weighted by Crippen LogP contribution is -2.59. The molecule has 0 amide bonds. The van der Waals surface area contributed by atoms with E-state index in [0.29, 0.717) is 17.8 Å². The van der Waals surface area contributed by atoms with E-state index in [0.717, 1.165) is 32.1 Å². The van der Waals surface area contributed by atoms with Crippen molar-refractivity contribution in [2.24, 2.45) is 34.0 Å². The van der Waals surface area contributed by atoms with E-state index in [-0.39, 0.29) is 29.0 Å². The van der Waals surface area contributed by atoms with E-state index in [1.165, 1.54) is 19.3 Å². The van der Waals surface area contributed by atoms with Crippen LogP contribution in [0, 0.1) is 34.0 Å². The average molecular weight is 322 g/mol. The largest absolute Gasteiger partial charge is 0.393 e. The van der Waals surface area contributed by atoms with Crippen LogP contribution >= 0.6 is 0 Å². The molecule has 0 aliphatic heterocycles. The molecule has 2 bridgehead atoms. The lowest BCUT2D eigenvalue weighted by molar-refractivity contribution is -0.180.